The van der Waals surface area contributed by atoms with Crippen LogP contribution in [0.2, 0.25) is 0 Å². The average molecular weight is 372 g/mol. The Hall–Kier alpha value is -1.88. The lowest BCUT2D eigenvalue weighted by Crippen LogP contribution is -2.40. The van der Waals surface area contributed by atoms with Crippen LogP contribution in [0, 0.1) is 5.92 Å². The summed E-state index contributed by atoms with van der Waals surface area (Å²) in [6.45, 7) is 7.66. The van der Waals surface area contributed by atoms with Crippen LogP contribution in [0.5, 0.6) is 0 Å². The molecule has 0 spiro atoms. The van der Waals surface area contributed by atoms with Crippen LogP contribution in [0.4, 0.5) is 0 Å². The predicted molar refractivity (Wildman–Crippen MR) is 107 cm³/mol. The maximum atomic E-state index is 12.4. The maximum Gasteiger partial charge on any atom is 0.253 e. The predicted octanol–water partition coefficient (Wildman–Crippen LogP) is 3.05. The zero-order chi connectivity index (χ0) is 19.1. The zero-order valence-corrected chi connectivity index (χ0v) is 16.6. The minimum atomic E-state index is 0.167. The quantitative estimate of drug-likeness (QED) is 0.801. The molecule has 0 bridgehead atoms. The van der Waals surface area contributed by atoms with E-state index in [1.165, 1.54) is 18.4 Å². The lowest BCUT2D eigenvalue weighted by molar-refractivity contribution is -0.121. The van der Waals surface area contributed by atoms with Crippen LogP contribution < -0.4 is 5.32 Å². The molecule has 0 radical (unpaired) electrons. The van der Waals surface area contributed by atoms with E-state index in [-0.39, 0.29) is 11.8 Å². The summed E-state index contributed by atoms with van der Waals surface area (Å²) in [6, 6.07) is 8.14. The van der Waals surface area contributed by atoms with E-state index >= 15 is 0 Å². The van der Waals surface area contributed by atoms with Crippen molar-refractivity contribution in [1.82, 2.24) is 15.1 Å². The van der Waals surface area contributed by atoms with Crippen LogP contribution in [0.25, 0.3) is 0 Å². The molecule has 3 rings (SSSR count). The topological polar surface area (TPSA) is 52.7 Å². The molecule has 2 amide bonds. The molecule has 1 unspecified atom stereocenters. The van der Waals surface area contributed by atoms with Gasteiger partial charge >= 0.3 is 0 Å². The van der Waals surface area contributed by atoms with Crippen LogP contribution in [-0.2, 0) is 11.3 Å². The van der Waals surface area contributed by atoms with Gasteiger partial charge < -0.3 is 10.2 Å². The van der Waals surface area contributed by atoms with Gasteiger partial charge in [0.1, 0.15) is 0 Å². The lowest BCUT2D eigenvalue weighted by atomic mass is 9.97. The standard InChI is InChI=1S/C22H33N3O2/c1-2-6-21(26)23-15-19-7-5-12-24(17-19)16-18-8-10-20(11-9-18)22(27)25-13-3-4-14-25/h8-11,19H,2-7,12-17H2,1H3,(H,23,26). The molecule has 2 fully saturated rings. The molecule has 1 aromatic rings. The Bertz CT molecular complexity index is 623. The molecule has 5 nitrogen and oxygen atoms in total. The van der Waals surface area contributed by atoms with E-state index in [1.807, 2.05) is 24.0 Å². The van der Waals surface area contributed by atoms with Crippen LogP contribution in [0.3, 0.4) is 0 Å². The highest BCUT2D eigenvalue weighted by Gasteiger charge is 2.21. The van der Waals surface area contributed by atoms with E-state index in [4.69, 9.17) is 0 Å². The molecule has 27 heavy (non-hydrogen) atoms. The molecule has 1 atom stereocenters. The first-order chi connectivity index (χ1) is 13.2. The first-order valence-corrected chi connectivity index (χ1v) is 10.5. The molecule has 0 saturated carbocycles. The van der Waals surface area contributed by atoms with Gasteiger partial charge in [0.15, 0.2) is 0 Å². The van der Waals surface area contributed by atoms with E-state index in [0.29, 0.717) is 12.3 Å². The largest absolute Gasteiger partial charge is 0.356 e. The molecule has 5 heteroatoms. The number of carbonyl (C=O) groups is 2. The number of rotatable bonds is 7. The Kier molecular flexibility index (Phi) is 7.27. The number of likely N-dealkylation sites (tertiary alicyclic amines) is 2. The Morgan fingerprint density at radius 3 is 2.52 bits per heavy atom. The monoisotopic (exact) mass is 371 g/mol. The summed E-state index contributed by atoms with van der Waals surface area (Å²) < 4.78 is 0. The number of piperidine rings is 1. The number of benzene rings is 1. The van der Waals surface area contributed by atoms with E-state index in [1.54, 1.807) is 0 Å². The Labute approximate surface area is 163 Å². The van der Waals surface area contributed by atoms with Crippen LogP contribution in [0.15, 0.2) is 24.3 Å². The van der Waals surface area contributed by atoms with Gasteiger partial charge in [0.2, 0.25) is 5.91 Å². The molecule has 0 aromatic heterocycles. The minimum Gasteiger partial charge on any atom is -0.356 e. The highest BCUT2D eigenvalue weighted by molar-refractivity contribution is 5.94. The summed E-state index contributed by atoms with van der Waals surface area (Å²) in [4.78, 5) is 28.6. The molecule has 148 valence electrons. The van der Waals surface area contributed by atoms with Gasteiger partial charge in [-0.15, -0.1) is 0 Å². The number of hydrogen-bond acceptors (Lipinski definition) is 3. The van der Waals surface area contributed by atoms with Gasteiger partial charge in [-0.3, -0.25) is 14.5 Å². The first kappa shape index (κ1) is 19.9. The summed E-state index contributed by atoms with van der Waals surface area (Å²) in [6.07, 6.45) is 6.14. The second-order valence-electron chi connectivity index (χ2n) is 7.99. The molecule has 1 N–H and O–H groups in total. The van der Waals surface area contributed by atoms with Gasteiger partial charge in [-0.05, 0) is 62.3 Å². The Balaban J connectivity index is 1.48. The Morgan fingerprint density at radius 2 is 1.81 bits per heavy atom. The maximum absolute atomic E-state index is 12.4. The van der Waals surface area contributed by atoms with Gasteiger partial charge in [0.25, 0.3) is 5.91 Å². The summed E-state index contributed by atoms with van der Waals surface area (Å²) in [5.41, 5.74) is 2.06. The van der Waals surface area contributed by atoms with Gasteiger partial charge in [-0.2, -0.15) is 0 Å². The van der Waals surface area contributed by atoms with Crippen molar-refractivity contribution < 1.29 is 9.59 Å². The fraction of sp³-hybridized carbons (Fsp3) is 0.636. The smallest absolute Gasteiger partial charge is 0.253 e. The summed E-state index contributed by atoms with van der Waals surface area (Å²) in [7, 11) is 0. The molecule has 2 saturated heterocycles. The van der Waals surface area contributed by atoms with Gasteiger partial charge in [-0.25, -0.2) is 0 Å². The van der Waals surface area contributed by atoms with Crippen molar-refractivity contribution in [3.63, 3.8) is 0 Å². The van der Waals surface area contributed by atoms with E-state index in [0.717, 1.165) is 64.1 Å². The third kappa shape index (κ3) is 5.80. The number of hydrogen-bond donors (Lipinski definition) is 1. The molecular formula is C22H33N3O2. The van der Waals surface area contributed by atoms with Crippen molar-refractivity contribution in [2.24, 2.45) is 5.92 Å². The number of carbonyl (C=O) groups excluding carboxylic acids is 2. The van der Waals surface area contributed by atoms with Gasteiger partial charge in [0.05, 0.1) is 0 Å². The number of amides is 2. The number of nitrogens with one attached hydrogen (secondary N) is 1. The van der Waals surface area contributed by atoms with E-state index in [2.05, 4.69) is 22.3 Å². The van der Waals surface area contributed by atoms with Gasteiger partial charge in [0, 0.05) is 44.7 Å². The van der Waals surface area contributed by atoms with Crippen molar-refractivity contribution in [3.05, 3.63) is 35.4 Å². The highest BCUT2D eigenvalue weighted by Crippen LogP contribution is 2.19. The minimum absolute atomic E-state index is 0.167. The average Bonchev–Trinajstić information content (AvgIpc) is 3.22. The Morgan fingerprint density at radius 1 is 1.07 bits per heavy atom. The molecular weight excluding hydrogens is 338 g/mol. The normalized spacial score (nSPS) is 20.6. The number of nitrogens with zero attached hydrogens (tertiary/aromatic N) is 2. The van der Waals surface area contributed by atoms with Crippen molar-refractivity contribution in [1.29, 1.82) is 0 Å². The van der Waals surface area contributed by atoms with Gasteiger partial charge in [-0.1, -0.05) is 19.1 Å². The summed E-state index contributed by atoms with van der Waals surface area (Å²) in [5.74, 6) is 0.878. The fourth-order valence-corrected chi connectivity index (χ4v) is 4.15. The van der Waals surface area contributed by atoms with Crippen LogP contribution >= 0.6 is 0 Å². The van der Waals surface area contributed by atoms with Crippen molar-refractivity contribution >= 4 is 11.8 Å². The second kappa shape index (κ2) is 9.88. The van der Waals surface area contributed by atoms with E-state index in [9.17, 15) is 9.59 Å². The first-order valence-electron chi connectivity index (χ1n) is 10.5. The van der Waals surface area contributed by atoms with Crippen molar-refractivity contribution in [3.8, 4) is 0 Å². The molecule has 0 aliphatic carbocycles. The molecule has 1 aromatic carbocycles. The van der Waals surface area contributed by atoms with Crippen LogP contribution in [-0.4, -0.2) is 54.3 Å². The summed E-state index contributed by atoms with van der Waals surface area (Å²) in [5, 5.41) is 3.08. The summed E-state index contributed by atoms with van der Waals surface area (Å²) >= 11 is 0. The molecule has 2 aliphatic rings. The molecule has 2 aliphatic heterocycles. The third-order valence-electron chi connectivity index (χ3n) is 5.67. The fourth-order valence-electron chi connectivity index (χ4n) is 4.15. The molecule has 2 heterocycles. The zero-order valence-electron chi connectivity index (χ0n) is 16.6. The van der Waals surface area contributed by atoms with E-state index < -0.39 is 0 Å². The third-order valence-corrected chi connectivity index (χ3v) is 5.67. The van der Waals surface area contributed by atoms with Crippen molar-refractivity contribution in [2.75, 3.05) is 32.7 Å². The van der Waals surface area contributed by atoms with Crippen LogP contribution in [0.1, 0.15) is 61.4 Å². The SMILES string of the molecule is CCCC(=O)NCC1CCCN(Cc2ccc(C(=O)N3CCCC3)cc2)C1. The second-order valence-corrected chi connectivity index (χ2v) is 7.99. The highest BCUT2D eigenvalue weighted by atomic mass is 16.2. The lowest BCUT2D eigenvalue weighted by Gasteiger charge is -2.33. The van der Waals surface area contributed by atoms with Crippen molar-refractivity contribution in [2.45, 2.75) is 52.0 Å².